The molecule has 0 atom stereocenters. The number of hydrogen-bond donors (Lipinski definition) is 2. The molecule has 8 heteroatoms. The van der Waals surface area contributed by atoms with E-state index >= 15 is 0 Å². The molecule has 184 valence electrons. The van der Waals surface area contributed by atoms with Crippen LogP contribution in [0.1, 0.15) is 62.9 Å². The first-order chi connectivity index (χ1) is 16.1. The molecule has 1 heterocycles. The summed E-state index contributed by atoms with van der Waals surface area (Å²) in [5.74, 6) is -0.175. The highest BCUT2D eigenvalue weighted by Gasteiger charge is 2.28. The number of aromatic hydroxyl groups is 1. The number of ether oxygens (including phenoxy) is 1. The molecule has 8 nitrogen and oxygen atoms in total. The number of oxime groups is 1. The van der Waals surface area contributed by atoms with Crippen molar-refractivity contribution in [1.82, 2.24) is 4.90 Å². The number of nitrogens with two attached hydrogens (primary N) is 1. The lowest BCUT2D eigenvalue weighted by Gasteiger charge is -2.23. The first-order valence-corrected chi connectivity index (χ1v) is 11.7. The van der Waals surface area contributed by atoms with Gasteiger partial charge in [-0.2, -0.15) is 0 Å². The molecule has 3 N–H and O–H groups in total. The number of hydrogen-bond acceptors (Lipinski definition) is 7. The Morgan fingerprint density at radius 1 is 1.21 bits per heavy atom. The molecule has 0 saturated carbocycles. The third kappa shape index (κ3) is 6.47. The molecular formula is C26H35N3O5. The molecule has 1 aromatic carbocycles. The van der Waals surface area contributed by atoms with Crippen LogP contribution in [0.4, 0.5) is 0 Å². The van der Waals surface area contributed by atoms with Crippen molar-refractivity contribution in [2.75, 3.05) is 32.8 Å². The second-order valence-corrected chi connectivity index (χ2v) is 9.75. The SMILES string of the molecule is CCON=C1C=CC2=C(C1)CN(CC(=O)c1cc(OCCCC(N)=O)c(O)c(C(C)(C)C)c1)C2. The van der Waals surface area contributed by atoms with Crippen molar-refractivity contribution < 1.29 is 24.3 Å². The van der Waals surface area contributed by atoms with Crippen molar-refractivity contribution >= 4 is 17.4 Å². The molecule has 0 saturated heterocycles. The molecule has 0 bridgehead atoms. The van der Waals surface area contributed by atoms with Gasteiger partial charge in [0, 0.05) is 37.1 Å². The van der Waals surface area contributed by atoms with Gasteiger partial charge in [0.25, 0.3) is 0 Å². The summed E-state index contributed by atoms with van der Waals surface area (Å²) in [7, 11) is 0. The molecule has 34 heavy (non-hydrogen) atoms. The summed E-state index contributed by atoms with van der Waals surface area (Å²) in [5.41, 5.74) is 9.30. The molecule has 1 amide bonds. The van der Waals surface area contributed by atoms with Gasteiger partial charge >= 0.3 is 0 Å². The van der Waals surface area contributed by atoms with Crippen LogP contribution >= 0.6 is 0 Å². The van der Waals surface area contributed by atoms with Crippen LogP contribution in [-0.4, -0.2) is 60.3 Å². The average Bonchev–Trinajstić information content (AvgIpc) is 3.16. The Morgan fingerprint density at radius 2 is 1.97 bits per heavy atom. The Kier molecular flexibility index (Phi) is 8.15. The predicted molar refractivity (Wildman–Crippen MR) is 131 cm³/mol. The highest BCUT2D eigenvalue weighted by atomic mass is 16.6. The largest absolute Gasteiger partial charge is 0.504 e. The van der Waals surface area contributed by atoms with E-state index in [1.54, 1.807) is 12.1 Å². The molecule has 0 unspecified atom stereocenters. The molecule has 1 aliphatic heterocycles. The van der Waals surface area contributed by atoms with E-state index in [1.165, 1.54) is 11.1 Å². The van der Waals surface area contributed by atoms with Crippen LogP contribution in [0, 0.1) is 0 Å². The quantitative estimate of drug-likeness (QED) is 0.308. The smallest absolute Gasteiger partial charge is 0.217 e. The Labute approximate surface area is 201 Å². The summed E-state index contributed by atoms with van der Waals surface area (Å²) < 4.78 is 5.74. The van der Waals surface area contributed by atoms with E-state index < -0.39 is 5.91 Å². The van der Waals surface area contributed by atoms with Crippen LogP contribution in [0.5, 0.6) is 11.5 Å². The summed E-state index contributed by atoms with van der Waals surface area (Å²) in [6, 6.07) is 3.34. The van der Waals surface area contributed by atoms with Crippen LogP contribution in [0.2, 0.25) is 0 Å². The maximum absolute atomic E-state index is 13.3. The standard InChI is InChI=1S/C26H35N3O5/c1-5-34-28-20-9-8-17-14-29(15-19(17)11-20)16-22(30)18-12-21(26(2,3)4)25(32)23(13-18)33-10-6-7-24(27)31/h8-9,12-13,32H,5-7,10-11,14-16H2,1-4H3,(H2,27,31). The highest BCUT2D eigenvalue weighted by molar-refractivity contribution is 5.99. The maximum Gasteiger partial charge on any atom is 0.217 e. The van der Waals surface area contributed by atoms with Crippen LogP contribution < -0.4 is 10.5 Å². The number of carbonyl (C=O) groups is 2. The zero-order valence-corrected chi connectivity index (χ0v) is 20.5. The van der Waals surface area contributed by atoms with Gasteiger partial charge in [0.1, 0.15) is 6.61 Å². The molecule has 1 aliphatic carbocycles. The third-order valence-corrected chi connectivity index (χ3v) is 5.84. The lowest BCUT2D eigenvalue weighted by atomic mass is 9.84. The molecule has 1 aromatic rings. The Morgan fingerprint density at radius 3 is 2.65 bits per heavy atom. The number of phenolic OH excluding ortho intramolecular Hbond substituents is 1. The van der Waals surface area contributed by atoms with Gasteiger partial charge in [-0.25, -0.2) is 0 Å². The number of nitrogens with zero attached hydrogens (tertiary/aromatic N) is 2. The molecule has 0 fully saturated rings. The number of ketones is 1. The van der Waals surface area contributed by atoms with Gasteiger partial charge in [0.05, 0.1) is 18.9 Å². The first kappa shape index (κ1) is 25.5. The summed E-state index contributed by atoms with van der Waals surface area (Å²) in [6.45, 7) is 10.2. The maximum atomic E-state index is 13.3. The zero-order valence-electron chi connectivity index (χ0n) is 20.5. The Bertz CT molecular complexity index is 1030. The summed E-state index contributed by atoms with van der Waals surface area (Å²) in [4.78, 5) is 31.5. The van der Waals surface area contributed by atoms with Crippen LogP contribution in [0.25, 0.3) is 0 Å². The minimum atomic E-state index is -0.403. The fraction of sp³-hybridized carbons (Fsp3) is 0.500. The number of benzene rings is 1. The highest BCUT2D eigenvalue weighted by Crippen LogP contribution is 2.39. The molecule has 0 aromatic heterocycles. The van der Waals surface area contributed by atoms with Crippen molar-refractivity contribution in [1.29, 1.82) is 0 Å². The second-order valence-electron chi connectivity index (χ2n) is 9.75. The monoisotopic (exact) mass is 469 g/mol. The van der Waals surface area contributed by atoms with Gasteiger partial charge in [-0.3, -0.25) is 14.5 Å². The van der Waals surface area contributed by atoms with E-state index in [4.69, 9.17) is 15.3 Å². The average molecular weight is 470 g/mol. The van der Waals surface area contributed by atoms with E-state index in [9.17, 15) is 14.7 Å². The molecule has 0 spiro atoms. The van der Waals surface area contributed by atoms with E-state index in [1.807, 2.05) is 33.8 Å². The van der Waals surface area contributed by atoms with Crippen LogP contribution in [0.15, 0.2) is 40.6 Å². The van der Waals surface area contributed by atoms with E-state index in [0.717, 1.165) is 12.1 Å². The van der Waals surface area contributed by atoms with Crippen molar-refractivity contribution in [3.05, 3.63) is 46.6 Å². The summed E-state index contributed by atoms with van der Waals surface area (Å²) >= 11 is 0. The molecule has 2 aliphatic rings. The van der Waals surface area contributed by atoms with Gasteiger partial charge in [0.2, 0.25) is 5.91 Å². The lowest BCUT2D eigenvalue weighted by Crippen LogP contribution is -2.29. The summed E-state index contributed by atoms with van der Waals surface area (Å²) in [6.07, 6.45) is 5.39. The lowest BCUT2D eigenvalue weighted by molar-refractivity contribution is -0.118. The van der Waals surface area contributed by atoms with Crippen molar-refractivity contribution in [2.45, 2.75) is 52.4 Å². The van der Waals surface area contributed by atoms with E-state index in [-0.39, 0.29) is 42.3 Å². The number of phenols is 1. The van der Waals surface area contributed by atoms with Crippen molar-refractivity contribution in [2.24, 2.45) is 10.9 Å². The topological polar surface area (TPSA) is 114 Å². The number of rotatable bonds is 10. The zero-order chi connectivity index (χ0) is 24.9. The van der Waals surface area contributed by atoms with Gasteiger partial charge in [-0.1, -0.05) is 32.0 Å². The number of primary amides is 1. The van der Waals surface area contributed by atoms with Gasteiger partial charge in [-0.15, -0.1) is 0 Å². The second kappa shape index (κ2) is 10.9. The van der Waals surface area contributed by atoms with E-state index in [0.29, 0.717) is 37.2 Å². The number of Topliss-reactive ketones (excluding diaryl/α,β-unsaturated/α-hetero) is 1. The number of allylic oxidation sites excluding steroid dienone is 1. The summed E-state index contributed by atoms with van der Waals surface area (Å²) in [5, 5.41) is 14.9. The van der Waals surface area contributed by atoms with Gasteiger partial charge < -0.3 is 20.4 Å². The van der Waals surface area contributed by atoms with Gasteiger partial charge in [-0.05, 0) is 48.1 Å². The fourth-order valence-electron chi connectivity index (χ4n) is 4.09. The minimum Gasteiger partial charge on any atom is -0.504 e. The van der Waals surface area contributed by atoms with Crippen LogP contribution in [0.3, 0.4) is 0 Å². The number of carbonyl (C=O) groups excluding carboxylic acids is 2. The normalized spacial score (nSPS) is 17.2. The number of amides is 1. The van der Waals surface area contributed by atoms with Crippen molar-refractivity contribution in [3.63, 3.8) is 0 Å². The predicted octanol–water partition coefficient (Wildman–Crippen LogP) is 3.48. The third-order valence-electron chi connectivity index (χ3n) is 5.84. The Hall–Kier alpha value is -3.13. The Balaban J connectivity index is 1.71. The minimum absolute atomic E-state index is 0.0210. The van der Waals surface area contributed by atoms with E-state index in [2.05, 4.69) is 16.1 Å². The van der Waals surface area contributed by atoms with Crippen molar-refractivity contribution in [3.8, 4) is 11.5 Å². The molecule has 0 radical (unpaired) electrons. The van der Waals surface area contributed by atoms with Crippen LogP contribution in [-0.2, 0) is 15.0 Å². The molecule has 3 rings (SSSR count). The van der Waals surface area contributed by atoms with Gasteiger partial charge in [0.15, 0.2) is 17.3 Å². The fourth-order valence-corrected chi connectivity index (χ4v) is 4.09. The molecular weight excluding hydrogens is 434 g/mol. The first-order valence-electron chi connectivity index (χ1n) is 11.7.